The minimum atomic E-state index is -0.241. The van der Waals surface area contributed by atoms with Crippen molar-refractivity contribution < 1.29 is 0 Å². The summed E-state index contributed by atoms with van der Waals surface area (Å²) in [7, 11) is 0. The van der Waals surface area contributed by atoms with E-state index in [1.165, 1.54) is 4.63 Å². The number of aryl methyl sites for hydroxylation is 1. The van der Waals surface area contributed by atoms with E-state index in [1.807, 2.05) is 20.8 Å². The highest BCUT2D eigenvalue weighted by Gasteiger charge is 2.24. The third-order valence-electron chi connectivity index (χ3n) is 2.33. The van der Waals surface area contributed by atoms with E-state index in [4.69, 9.17) is 11.6 Å². The lowest BCUT2D eigenvalue weighted by atomic mass is 9.92. The molecule has 0 unspecified atom stereocenters. The van der Waals surface area contributed by atoms with Gasteiger partial charge in [0.1, 0.15) is 10.7 Å². The third-order valence-corrected chi connectivity index (χ3v) is 2.68. The number of halogens is 1. The highest BCUT2D eigenvalue weighted by molar-refractivity contribution is 6.34. The number of hydrogen-bond acceptors (Lipinski definition) is 3. The summed E-state index contributed by atoms with van der Waals surface area (Å²) in [5.41, 5.74) is 1.11. The normalized spacial score (nSPS) is 12.3. The molecule has 0 bridgehead atoms. The maximum absolute atomic E-state index is 11.4. The molecule has 0 amide bonds. The second-order valence-corrected chi connectivity index (χ2v) is 5.17. The molecule has 0 aromatic carbocycles. The van der Waals surface area contributed by atoms with Gasteiger partial charge in [-0.15, -0.1) is 9.73 Å². The van der Waals surface area contributed by atoms with Gasteiger partial charge in [0.2, 0.25) is 0 Å². The van der Waals surface area contributed by atoms with Crippen molar-refractivity contribution in [2.24, 2.45) is 0 Å². The zero-order valence-corrected chi connectivity index (χ0v) is 10.4. The summed E-state index contributed by atoms with van der Waals surface area (Å²) >= 11 is 6.17. The molecule has 0 saturated heterocycles. The topological polar surface area (TPSA) is 63.1 Å². The van der Waals surface area contributed by atoms with E-state index < -0.39 is 0 Å². The average Bonchev–Trinajstić information content (AvgIpc) is 2.45. The molecule has 2 heterocycles. The van der Waals surface area contributed by atoms with Gasteiger partial charge in [0.25, 0.3) is 5.56 Å². The van der Waals surface area contributed by atoms with Gasteiger partial charge in [0.15, 0.2) is 5.65 Å². The van der Waals surface area contributed by atoms with Crippen molar-refractivity contribution in [2.75, 3.05) is 0 Å². The molecule has 16 heavy (non-hydrogen) atoms. The summed E-state index contributed by atoms with van der Waals surface area (Å²) in [5.74, 6) is 0. The van der Waals surface area contributed by atoms with Gasteiger partial charge < -0.3 is 4.98 Å². The standard InChI is InChI=1S/C10H13ClN4O/c1-5-9(16)12-8-6(11)7(10(2,3)4)14-15(8)13-5/h1-4H3,(H,12,16). The molecule has 0 saturated carbocycles. The lowest BCUT2D eigenvalue weighted by Crippen LogP contribution is -2.16. The fourth-order valence-electron chi connectivity index (χ4n) is 1.43. The van der Waals surface area contributed by atoms with Gasteiger partial charge in [-0.2, -0.15) is 5.10 Å². The molecule has 2 aromatic heterocycles. The monoisotopic (exact) mass is 240 g/mol. The molecule has 0 aliphatic rings. The first kappa shape index (κ1) is 11.1. The Bertz CT molecular complexity index is 606. The maximum atomic E-state index is 11.4. The smallest absolute Gasteiger partial charge is 0.272 e. The molecule has 1 N–H and O–H groups in total. The zero-order valence-electron chi connectivity index (χ0n) is 9.63. The minimum absolute atomic E-state index is 0.185. The molecule has 5 nitrogen and oxygen atoms in total. The first-order valence-electron chi connectivity index (χ1n) is 4.96. The van der Waals surface area contributed by atoms with Crippen LogP contribution in [0.3, 0.4) is 0 Å². The van der Waals surface area contributed by atoms with E-state index in [0.29, 0.717) is 16.4 Å². The van der Waals surface area contributed by atoms with Gasteiger partial charge in [-0.05, 0) is 6.92 Å². The Morgan fingerprint density at radius 2 is 1.94 bits per heavy atom. The van der Waals surface area contributed by atoms with Crippen LogP contribution in [0.15, 0.2) is 4.79 Å². The predicted octanol–water partition coefficient (Wildman–Crippen LogP) is 1.68. The lowest BCUT2D eigenvalue weighted by molar-refractivity contribution is 0.555. The summed E-state index contributed by atoms with van der Waals surface area (Å²) in [6.07, 6.45) is 0. The van der Waals surface area contributed by atoms with E-state index in [0.717, 1.165) is 5.69 Å². The summed E-state index contributed by atoms with van der Waals surface area (Å²) in [6, 6.07) is 0. The molecule has 0 aliphatic heterocycles. The Labute approximate surface area is 97.4 Å². The van der Waals surface area contributed by atoms with Gasteiger partial charge in [-0.25, -0.2) is 0 Å². The molecule has 0 atom stereocenters. The summed E-state index contributed by atoms with van der Waals surface area (Å²) < 4.78 is 1.37. The zero-order chi connectivity index (χ0) is 12.1. The predicted molar refractivity (Wildman–Crippen MR) is 62.1 cm³/mol. The van der Waals surface area contributed by atoms with Crippen molar-refractivity contribution in [3.05, 3.63) is 26.8 Å². The van der Waals surface area contributed by atoms with Crippen LogP contribution in [-0.2, 0) is 5.41 Å². The highest BCUT2D eigenvalue weighted by atomic mass is 35.5. The van der Waals surface area contributed by atoms with E-state index in [-0.39, 0.29) is 11.0 Å². The molecule has 0 fully saturated rings. The van der Waals surface area contributed by atoms with Crippen molar-refractivity contribution >= 4 is 17.2 Å². The number of aromatic amines is 1. The molecule has 86 valence electrons. The quantitative estimate of drug-likeness (QED) is 0.762. The van der Waals surface area contributed by atoms with Crippen LogP contribution in [0.25, 0.3) is 5.65 Å². The van der Waals surface area contributed by atoms with Crippen molar-refractivity contribution in [1.82, 2.24) is 19.8 Å². The number of rotatable bonds is 0. The van der Waals surface area contributed by atoms with Crippen LogP contribution in [0.5, 0.6) is 0 Å². The van der Waals surface area contributed by atoms with Crippen molar-refractivity contribution in [3.63, 3.8) is 0 Å². The fourth-order valence-corrected chi connectivity index (χ4v) is 1.87. The van der Waals surface area contributed by atoms with Crippen LogP contribution in [-0.4, -0.2) is 19.8 Å². The third kappa shape index (κ3) is 1.61. The van der Waals surface area contributed by atoms with Crippen LogP contribution in [0.1, 0.15) is 32.2 Å². The van der Waals surface area contributed by atoms with Crippen LogP contribution < -0.4 is 5.56 Å². The van der Waals surface area contributed by atoms with Crippen molar-refractivity contribution in [1.29, 1.82) is 0 Å². The number of hydrogen-bond donors (Lipinski definition) is 1. The van der Waals surface area contributed by atoms with Gasteiger partial charge in [-0.3, -0.25) is 4.79 Å². The van der Waals surface area contributed by atoms with Gasteiger partial charge in [0, 0.05) is 5.41 Å². The van der Waals surface area contributed by atoms with Crippen LogP contribution in [0, 0.1) is 6.92 Å². The number of nitrogens with one attached hydrogen (secondary N) is 1. The molecule has 6 heteroatoms. The molecule has 0 radical (unpaired) electrons. The van der Waals surface area contributed by atoms with Gasteiger partial charge in [0.05, 0.1) is 5.69 Å². The Hall–Kier alpha value is -1.36. The summed E-state index contributed by atoms with van der Waals surface area (Å²) in [4.78, 5) is 14.1. The van der Waals surface area contributed by atoms with Gasteiger partial charge >= 0.3 is 0 Å². The van der Waals surface area contributed by atoms with E-state index in [2.05, 4.69) is 15.2 Å². The second kappa shape index (κ2) is 3.31. The molecule has 2 rings (SSSR count). The largest absolute Gasteiger partial charge is 0.303 e. The van der Waals surface area contributed by atoms with E-state index in [1.54, 1.807) is 6.92 Å². The van der Waals surface area contributed by atoms with E-state index in [9.17, 15) is 4.79 Å². The number of aromatic nitrogens is 4. The Morgan fingerprint density at radius 1 is 1.31 bits per heavy atom. The fraction of sp³-hybridized carbons (Fsp3) is 0.500. The van der Waals surface area contributed by atoms with Crippen LogP contribution >= 0.6 is 11.6 Å². The molecule has 2 aromatic rings. The average molecular weight is 241 g/mol. The summed E-state index contributed by atoms with van der Waals surface area (Å²) in [6.45, 7) is 7.65. The number of fused-ring (bicyclic) bond motifs is 1. The highest BCUT2D eigenvalue weighted by Crippen LogP contribution is 2.29. The summed E-state index contributed by atoms with van der Waals surface area (Å²) in [5, 5.41) is 8.79. The van der Waals surface area contributed by atoms with Gasteiger partial charge in [-0.1, -0.05) is 32.4 Å². The first-order chi connectivity index (χ1) is 7.30. The van der Waals surface area contributed by atoms with E-state index >= 15 is 0 Å². The first-order valence-corrected chi connectivity index (χ1v) is 5.34. The second-order valence-electron chi connectivity index (χ2n) is 4.79. The Morgan fingerprint density at radius 3 is 2.50 bits per heavy atom. The maximum Gasteiger partial charge on any atom is 0.272 e. The molecule has 0 aliphatic carbocycles. The number of H-pyrrole nitrogens is 1. The Kier molecular flexibility index (Phi) is 2.31. The Balaban J connectivity index is 2.84. The lowest BCUT2D eigenvalue weighted by Gasteiger charge is -2.14. The number of nitrogens with zero attached hydrogens (tertiary/aromatic N) is 3. The molecule has 0 spiro atoms. The van der Waals surface area contributed by atoms with Crippen molar-refractivity contribution in [3.8, 4) is 0 Å². The van der Waals surface area contributed by atoms with Crippen LogP contribution in [0.2, 0.25) is 5.02 Å². The SMILES string of the molecule is Cc1nn2nc(C(C)(C)C)c(Cl)c2[nH]c1=O. The molecular weight excluding hydrogens is 228 g/mol. The van der Waals surface area contributed by atoms with Crippen LogP contribution in [0.4, 0.5) is 0 Å². The van der Waals surface area contributed by atoms with Crippen molar-refractivity contribution in [2.45, 2.75) is 33.1 Å². The minimum Gasteiger partial charge on any atom is -0.303 e. The molecular formula is C10H13ClN4O.